The van der Waals surface area contributed by atoms with Crippen molar-refractivity contribution >= 4 is 23.5 Å². The molecule has 0 aromatic rings. The molecule has 1 aliphatic rings. The maximum atomic E-state index is 11.8. The molecule has 1 rings (SSSR count). The van der Waals surface area contributed by atoms with E-state index in [-0.39, 0.29) is 11.4 Å². The summed E-state index contributed by atoms with van der Waals surface area (Å²) in [5, 5.41) is 1.64. The van der Waals surface area contributed by atoms with Crippen LogP contribution in [0.15, 0.2) is 0 Å². The van der Waals surface area contributed by atoms with Crippen LogP contribution >= 0.6 is 11.6 Å². The van der Waals surface area contributed by atoms with Gasteiger partial charge in [0.25, 0.3) is 0 Å². The van der Waals surface area contributed by atoms with Crippen molar-refractivity contribution in [2.24, 2.45) is 11.3 Å². The molecular formula is C13H23ClN2O2. The van der Waals surface area contributed by atoms with Crippen LogP contribution in [0.2, 0.25) is 0 Å². The van der Waals surface area contributed by atoms with Gasteiger partial charge in [-0.2, -0.15) is 0 Å². The Morgan fingerprint density at radius 3 is 2.17 bits per heavy atom. The van der Waals surface area contributed by atoms with E-state index in [1.54, 1.807) is 11.8 Å². The number of carbonyl (C=O) groups excluding carboxylic acids is 2. The molecule has 0 radical (unpaired) electrons. The van der Waals surface area contributed by atoms with E-state index in [1.807, 2.05) is 0 Å². The van der Waals surface area contributed by atoms with Crippen LogP contribution in [0.5, 0.6) is 0 Å². The lowest BCUT2D eigenvalue weighted by atomic mass is 9.75. The Bertz CT molecular complexity index is 315. The average Bonchev–Trinajstić information content (AvgIpc) is 2.27. The summed E-state index contributed by atoms with van der Waals surface area (Å²) in [5.41, 5.74) is 0.281. The number of halogens is 1. The van der Waals surface area contributed by atoms with Crippen molar-refractivity contribution in [3.05, 3.63) is 0 Å². The second-order valence-corrected chi connectivity index (χ2v) is 6.69. The number of alkyl halides is 1. The number of hydrogen-bond acceptors (Lipinski definition) is 2. The van der Waals surface area contributed by atoms with Crippen molar-refractivity contribution in [2.75, 3.05) is 13.1 Å². The normalized spacial score (nSPS) is 19.5. The number of urea groups is 1. The Morgan fingerprint density at radius 1 is 1.28 bits per heavy atom. The van der Waals surface area contributed by atoms with Gasteiger partial charge in [0, 0.05) is 13.1 Å². The highest BCUT2D eigenvalue weighted by Gasteiger charge is 2.30. The molecule has 1 saturated heterocycles. The zero-order valence-electron chi connectivity index (χ0n) is 11.6. The van der Waals surface area contributed by atoms with E-state index in [0.29, 0.717) is 19.0 Å². The van der Waals surface area contributed by atoms with Crippen LogP contribution in [0.1, 0.15) is 40.5 Å². The highest BCUT2D eigenvalue weighted by atomic mass is 35.5. The largest absolute Gasteiger partial charge is 0.324 e. The molecule has 1 unspecified atom stereocenters. The first-order valence-electron chi connectivity index (χ1n) is 6.45. The van der Waals surface area contributed by atoms with Crippen molar-refractivity contribution < 1.29 is 9.59 Å². The third-order valence-electron chi connectivity index (χ3n) is 3.60. The van der Waals surface area contributed by atoms with Gasteiger partial charge in [0.1, 0.15) is 5.38 Å². The number of imide groups is 1. The maximum Gasteiger partial charge on any atom is 0.324 e. The molecule has 0 bridgehead atoms. The zero-order valence-corrected chi connectivity index (χ0v) is 12.4. The van der Waals surface area contributed by atoms with Gasteiger partial charge in [0.15, 0.2) is 0 Å². The van der Waals surface area contributed by atoms with Crippen molar-refractivity contribution in [3.8, 4) is 0 Å². The van der Waals surface area contributed by atoms with Gasteiger partial charge in [0.05, 0.1) is 0 Å². The second-order valence-electron chi connectivity index (χ2n) is 6.04. The van der Waals surface area contributed by atoms with Gasteiger partial charge in [-0.1, -0.05) is 20.8 Å². The predicted octanol–water partition coefficient (Wildman–Crippen LogP) is 2.61. The summed E-state index contributed by atoms with van der Waals surface area (Å²) in [4.78, 5) is 24.8. The topological polar surface area (TPSA) is 49.4 Å². The van der Waals surface area contributed by atoms with Gasteiger partial charge in [-0.3, -0.25) is 10.1 Å². The predicted molar refractivity (Wildman–Crippen MR) is 72.6 cm³/mol. The molecule has 18 heavy (non-hydrogen) atoms. The monoisotopic (exact) mass is 274 g/mol. The number of likely N-dealkylation sites (tertiary alicyclic amines) is 1. The van der Waals surface area contributed by atoms with E-state index >= 15 is 0 Å². The van der Waals surface area contributed by atoms with Gasteiger partial charge in [-0.15, -0.1) is 11.6 Å². The van der Waals surface area contributed by atoms with Crippen LogP contribution in [-0.4, -0.2) is 35.3 Å². The fourth-order valence-electron chi connectivity index (χ4n) is 2.23. The van der Waals surface area contributed by atoms with E-state index in [0.717, 1.165) is 12.8 Å². The third-order valence-corrected chi connectivity index (χ3v) is 3.80. The standard InChI is InChI=1S/C13H23ClN2O2/c1-9(14)11(17)15-12(18)16-7-5-10(6-8-16)13(2,3)4/h9-10H,5-8H2,1-4H3,(H,15,17,18). The molecule has 0 saturated carbocycles. The number of carbonyl (C=O) groups is 2. The first-order chi connectivity index (χ1) is 8.21. The maximum absolute atomic E-state index is 11.8. The minimum absolute atomic E-state index is 0.281. The summed E-state index contributed by atoms with van der Waals surface area (Å²) in [5.74, 6) is 0.198. The quantitative estimate of drug-likeness (QED) is 0.747. The molecule has 5 heteroatoms. The lowest BCUT2D eigenvalue weighted by molar-refractivity contribution is -0.119. The molecule has 1 heterocycles. The van der Waals surface area contributed by atoms with Crippen LogP contribution in [0.3, 0.4) is 0 Å². The van der Waals surface area contributed by atoms with Gasteiger partial charge in [0.2, 0.25) is 5.91 Å². The molecule has 1 fully saturated rings. The lowest BCUT2D eigenvalue weighted by Gasteiger charge is -2.38. The molecule has 3 amide bonds. The molecule has 0 aliphatic carbocycles. The molecule has 0 spiro atoms. The lowest BCUT2D eigenvalue weighted by Crippen LogP contribution is -2.49. The fourth-order valence-corrected chi connectivity index (χ4v) is 2.29. The van der Waals surface area contributed by atoms with Gasteiger partial charge in [-0.05, 0) is 31.1 Å². The van der Waals surface area contributed by atoms with E-state index < -0.39 is 11.3 Å². The zero-order chi connectivity index (χ0) is 13.9. The van der Waals surface area contributed by atoms with Gasteiger partial charge in [-0.25, -0.2) is 4.79 Å². The first-order valence-corrected chi connectivity index (χ1v) is 6.89. The van der Waals surface area contributed by atoms with Crippen LogP contribution in [0.4, 0.5) is 4.79 Å². The fraction of sp³-hybridized carbons (Fsp3) is 0.846. The number of amides is 3. The summed E-state index contributed by atoms with van der Waals surface area (Å²) in [7, 11) is 0. The van der Waals surface area contributed by atoms with Crippen LogP contribution in [0.25, 0.3) is 0 Å². The Balaban J connectivity index is 2.43. The van der Waals surface area contributed by atoms with Crippen LogP contribution in [-0.2, 0) is 4.79 Å². The first kappa shape index (κ1) is 15.3. The molecule has 1 atom stereocenters. The van der Waals surface area contributed by atoms with Crippen molar-refractivity contribution in [2.45, 2.75) is 45.9 Å². The smallest absolute Gasteiger partial charge is 0.324 e. The van der Waals surface area contributed by atoms with Crippen LogP contribution < -0.4 is 5.32 Å². The van der Waals surface area contributed by atoms with E-state index in [4.69, 9.17) is 11.6 Å². The van der Waals surface area contributed by atoms with Gasteiger partial charge >= 0.3 is 6.03 Å². The summed E-state index contributed by atoms with van der Waals surface area (Å²) in [6, 6.07) is -0.320. The average molecular weight is 275 g/mol. The number of hydrogen-bond donors (Lipinski definition) is 1. The number of rotatable bonds is 1. The third kappa shape index (κ3) is 4.16. The SMILES string of the molecule is CC(Cl)C(=O)NC(=O)N1CCC(C(C)(C)C)CC1. The van der Waals surface area contributed by atoms with E-state index in [1.165, 1.54) is 0 Å². The molecule has 0 aromatic heterocycles. The highest BCUT2D eigenvalue weighted by Crippen LogP contribution is 2.34. The minimum Gasteiger partial charge on any atom is -0.324 e. The van der Waals surface area contributed by atoms with Crippen molar-refractivity contribution in [1.29, 1.82) is 0 Å². The van der Waals surface area contributed by atoms with Crippen molar-refractivity contribution in [1.82, 2.24) is 10.2 Å². The summed E-state index contributed by atoms with van der Waals surface area (Å²) in [6.45, 7) is 9.65. The Morgan fingerprint density at radius 2 is 1.78 bits per heavy atom. The summed E-state index contributed by atoms with van der Waals surface area (Å²) in [6.07, 6.45) is 1.98. The molecule has 0 aromatic carbocycles. The molecule has 1 N–H and O–H groups in total. The van der Waals surface area contributed by atoms with E-state index in [9.17, 15) is 9.59 Å². The number of nitrogens with one attached hydrogen (secondary N) is 1. The summed E-state index contributed by atoms with van der Waals surface area (Å²) >= 11 is 5.61. The second kappa shape index (κ2) is 5.91. The summed E-state index contributed by atoms with van der Waals surface area (Å²) < 4.78 is 0. The Labute approximate surface area is 114 Å². The molecule has 1 aliphatic heterocycles. The molecule has 104 valence electrons. The number of piperidine rings is 1. The number of nitrogens with zero attached hydrogens (tertiary/aromatic N) is 1. The van der Waals surface area contributed by atoms with Crippen LogP contribution in [0, 0.1) is 11.3 Å². The molecular weight excluding hydrogens is 252 g/mol. The molecule has 4 nitrogen and oxygen atoms in total. The van der Waals surface area contributed by atoms with Crippen molar-refractivity contribution in [3.63, 3.8) is 0 Å². The Hall–Kier alpha value is -0.770. The van der Waals surface area contributed by atoms with E-state index in [2.05, 4.69) is 26.1 Å². The highest BCUT2D eigenvalue weighted by molar-refractivity contribution is 6.31. The van der Waals surface area contributed by atoms with Gasteiger partial charge < -0.3 is 4.90 Å². The Kier molecular flexibility index (Phi) is 5.02. The minimum atomic E-state index is -0.680.